The maximum absolute atomic E-state index is 13.6. The number of hydrogen-bond donors (Lipinski definition) is 1. The average molecular weight is 228 g/mol. The van der Waals surface area contributed by atoms with Crippen LogP contribution in [-0.2, 0) is 6.42 Å². The van der Waals surface area contributed by atoms with Gasteiger partial charge >= 0.3 is 0 Å². The second-order valence-corrected chi connectivity index (χ2v) is 4.54. The van der Waals surface area contributed by atoms with Crippen LogP contribution in [0.15, 0.2) is 18.2 Å². The van der Waals surface area contributed by atoms with Crippen molar-refractivity contribution in [1.82, 2.24) is 5.32 Å². The van der Waals surface area contributed by atoms with Crippen LogP contribution < -0.4 is 5.32 Å². The molecule has 0 saturated carbocycles. The van der Waals surface area contributed by atoms with Gasteiger partial charge < -0.3 is 5.32 Å². The summed E-state index contributed by atoms with van der Waals surface area (Å²) in [6.45, 7) is 2.08. The van der Waals surface area contributed by atoms with Gasteiger partial charge in [0, 0.05) is 0 Å². The van der Waals surface area contributed by atoms with E-state index in [1.807, 2.05) is 12.1 Å². The van der Waals surface area contributed by atoms with Gasteiger partial charge in [-0.2, -0.15) is 0 Å². The van der Waals surface area contributed by atoms with Gasteiger partial charge in [-0.15, -0.1) is 0 Å². The van der Waals surface area contributed by atoms with Crippen LogP contribution in [0.3, 0.4) is 0 Å². The summed E-state index contributed by atoms with van der Waals surface area (Å²) < 4.78 is 13.6. The lowest BCUT2D eigenvalue weighted by Gasteiger charge is -2.22. The molecule has 15 heavy (non-hydrogen) atoms. The number of rotatable bonds is 2. The highest BCUT2D eigenvalue weighted by Gasteiger charge is 2.16. The maximum Gasteiger partial charge on any atom is 0.144 e. The second-order valence-electron chi connectivity index (χ2n) is 4.13. The highest BCUT2D eigenvalue weighted by atomic mass is 35.5. The molecule has 0 spiro atoms. The molecule has 1 atom stereocenters. The zero-order valence-corrected chi connectivity index (χ0v) is 9.36. The van der Waals surface area contributed by atoms with E-state index in [1.165, 1.54) is 12.8 Å². The van der Waals surface area contributed by atoms with Crippen LogP contribution in [0, 0.1) is 11.7 Å². The minimum atomic E-state index is -0.246. The van der Waals surface area contributed by atoms with Crippen molar-refractivity contribution < 1.29 is 4.39 Å². The zero-order chi connectivity index (χ0) is 10.7. The number of hydrogen-bond acceptors (Lipinski definition) is 1. The largest absolute Gasteiger partial charge is 0.316 e. The Morgan fingerprint density at radius 3 is 3.07 bits per heavy atom. The number of nitrogens with one attached hydrogen (secondary N) is 1. The van der Waals surface area contributed by atoms with Gasteiger partial charge in [0.05, 0.1) is 5.02 Å². The van der Waals surface area contributed by atoms with Crippen LogP contribution in [0.4, 0.5) is 4.39 Å². The summed E-state index contributed by atoms with van der Waals surface area (Å²) in [5.41, 5.74) is 0.746. The Morgan fingerprint density at radius 2 is 2.33 bits per heavy atom. The minimum absolute atomic E-state index is 0.233. The molecule has 1 heterocycles. The van der Waals surface area contributed by atoms with Gasteiger partial charge in [0.2, 0.25) is 0 Å². The third kappa shape index (κ3) is 2.70. The predicted molar refractivity (Wildman–Crippen MR) is 60.7 cm³/mol. The quantitative estimate of drug-likeness (QED) is 0.819. The Kier molecular flexibility index (Phi) is 3.60. The molecule has 1 aromatic rings. The molecule has 2 rings (SSSR count). The molecule has 1 aliphatic rings. The Hall–Kier alpha value is -0.600. The molecular formula is C12H15ClFN. The van der Waals surface area contributed by atoms with Crippen LogP contribution in [0.5, 0.6) is 0 Å². The molecule has 1 nitrogen and oxygen atoms in total. The van der Waals surface area contributed by atoms with Crippen LogP contribution in [-0.4, -0.2) is 13.1 Å². The summed E-state index contributed by atoms with van der Waals surface area (Å²) in [6.07, 6.45) is 3.16. The van der Waals surface area contributed by atoms with Crippen molar-refractivity contribution >= 4 is 11.6 Å². The van der Waals surface area contributed by atoms with Crippen molar-refractivity contribution in [2.75, 3.05) is 13.1 Å². The van der Waals surface area contributed by atoms with E-state index in [2.05, 4.69) is 5.32 Å². The van der Waals surface area contributed by atoms with Gasteiger partial charge in [-0.1, -0.05) is 23.7 Å². The first-order valence-electron chi connectivity index (χ1n) is 5.41. The molecule has 1 saturated heterocycles. The van der Waals surface area contributed by atoms with E-state index >= 15 is 0 Å². The fraction of sp³-hybridized carbons (Fsp3) is 0.500. The fourth-order valence-electron chi connectivity index (χ4n) is 2.12. The van der Waals surface area contributed by atoms with E-state index in [-0.39, 0.29) is 10.8 Å². The third-order valence-corrected chi connectivity index (χ3v) is 3.23. The van der Waals surface area contributed by atoms with E-state index in [0.29, 0.717) is 5.92 Å². The molecule has 1 N–H and O–H groups in total. The lowest BCUT2D eigenvalue weighted by Crippen LogP contribution is -2.31. The summed E-state index contributed by atoms with van der Waals surface area (Å²) in [7, 11) is 0. The van der Waals surface area contributed by atoms with Gasteiger partial charge in [-0.05, 0) is 49.9 Å². The summed E-state index contributed by atoms with van der Waals surface area (Å²) in [4.78, 5) is 0. The number of piperidine rings is 1. The molecule has 0 aromatic heterocycles. The molecule has 1 aliphatic heterocycles. The summed E-state index contributed by atoms with van der Waals surface area (Å²) in [6, 6.07) is 5.24. The first kappa shape index (κ1) is 10.9. The smallest absolute Gasteiger partial charge is 0.144 e. The van der Waals surface area contributed by atoms with Crippen molar-refractivity contribution in [2.24, 2.45) is 5.92 Å². The molecule has 0 bridgehead atoms. The Morgan fingerprint density at radius 1 is 1.47 bits per heavy atom. The van der Waals surface area contributed by atoms with Crippen molar-refractivity contribution in [1.29, 1.82) is 0 Å². The summed E-state index contributed by atoms with van der Waals surface area (Å²) >= 11 is 5.74. The molecular weight excluding hydrogens is 213 g/mol. The third-order valence-electron chi connectivity index (χ3n) is 2.94. The van der Waals surface area contributed by atoms with E-state index in [4.69, 9.17) is 11.6 Å². The van der Waals surface area contributed by atoms with Gasteiger partial charge in [0.15, 0.2) is 0 Å². The summed E-state index contributed by atoms with van der Waals surface area (Å²) in [5.74, 6) is 0.302. The van der Waals surface area contributed by atoms with Gasteiger partial charge in [0.25, 0.3) is 0 Å². The normalized spacial score (nSPS) is 21.6. The molecule has 1 aromatic carbocycles. The highest BCUT2D eigenvalue weighted by molar-refractivity contribution is 6.30. The first-order valence-corrected chi connectivity index (χ1v) is 5.79. The minimum Gasteiger partial charge on any atom is -0.316 e. The number of benzene rings is 1. The first-order chi connectivity index (χ1) is 7.27. The van der Waals surface area contributed by atoms with Crippen molar-refractivity contribution in [3.05, 3.63) is 34.6 Å². The lowest BCUT2D eigenvalue weighted by atomic mass is 9.92. The SMILES string of the molecule is Fc1c(Cl)cccc1CC1CCCNC1. The standard InChI is InChI=1S/C12H15ClFN/c13-11-5-1-4-10(12(11)14)7-9-3-2-6-15-8-9/h1,4-5,9,15H,2-3,6-8H2. The lowest BCUT2D eigenvalue weighted by molar-refractivity contribution is 0.372. The molecule has 82 valence electrons. The molecule has 0 amide bonds. The molecule has 1 unspecified atom stereocenters. The predicted octanol–water partition coefficient (Wildman–Crippen LogP) is 3.02. The average Bonchev–Trinajstić information content (AvgIpc) is 2.26. The summed E-state index contributed by atoms with van der Waals surface area (Å²) in [5, 5.41) is 3.57. The second kappa shape index (κ2) is 4.95. The van der Waals surface area contributed by atoms with Crippen LogP contribution >= 0.6 is 11.6 Å². The Labute approximate surface area is 94.6 Å². The van der Waals surface area contributed by atoms with Crippen LogP contribution in [0.1, 0.15) is 18.4 Å². The van der Waals surface area contributed by atoms with E-state index in [9.17, 15) is 4.39 Å². The molecule has 0 aliphatic carbocycles. The number of halogens is 2. The molecule has 1 fully saturated rings. The van der Waals surface area contributed by atoms with Crippen molar-refractivity contribution in [3.8, 4) is 0 Å². The van der Waals surface area contributed by atoms with E-state index in [1.54, 1.807) is 6.07 Å². The van der Waals surface area contributed by atoms with E-state index in [0.717, 1.165) is 25.1 Å². The van der Waals surface area contributed by atoms with E-state index < -0.39 is 0 Å². The van der Waals surface area contributed by atoms with Gasteiger partial charge in [0.1, 0.15) is 5.82 Å². The fourth-order valence-corrected chi connectivity index (χ4v) is 2.31. The van der Waals surface area contributed by atoms with Crippen molar-refractivity contribution in [3.63, 3.8) is 0 Å². The Balaban J connectivity index is 2.06. The van der Waals surface area contributed by atoms with Gasteiger partial charge in [-0.25, -0.2) is 4.39 Å². The topological polar surface area (TPSA) is 12.0 Å². The van der Waals surface area contributed by atoms with Crippen molar-refractivity contribution in [2.45, 2.75) is 19.3 Å². The maximum atomic E-state index is 13.6. The molecule has 3 heteroatoms. The molecule has 0 radical (unpaired) electrons. The monoisotopic (exact) mass is 227 g/mol. The Bertz CT molecular complexity index is 334. The zero-order valence-electron chi connectivity index (χ0n) is 8.60. The highest BCUT2D eigenvalue weighted by Crippen LogP contribution is 2.22. The van der Waals surface area contributed by atoms with Crippen LogP contribution in [0.25, 0.3) is 0 Å². The van der Waals surface area contributed by atoms with Gasteiger partial charge in [-0.3, -0.25) is 0 Å². The van der Waals surface area contributed by atoms with Crippen LogP contribution in [0.2, 0.25) is 5.02 Å².